The van der Waals surface area contributed by atoms with Crippen LogP contribution >= 0.6 is 11.6 Å². The maximum absolute atomic E-state index is 10.5. The first-order valence-electron chi connectivity index (χ1n) is 3.25. The molecule has 4 nitrogen and oxygen atoms in total. The molecule has 0 aromatic heterocycles. The Balaban J connectivity index is 3.24. The Bertz CT molecular complexity index is 421. The highest BCUT2D eigenvalue weighted by atomic mass is 35.5. The van der Waals surface area contributed by atoms with Crippen LogP contribution < -0.4 is 0 Å². The van der Waals surface area contributed by atoms with E-state index in [1.807, 2.05) is 0 Å². The average Bonchev–Trinajstić information content (AvgIpc) is 2.04. The molecule has 0 amide bonds. The molecule has 1 N–H and O–H groups in total. The van der Waals surface area contributed by atoms with E-state index in [-0.39, 0.29) is 10.4 Å². The Morgan fingerprint density at radius 3 is 2.62 bits per heavy atom. The van der Waals surface area contributed by atoms with E-state index in [0.29, 0.717) is 0 Å². The predicted octanol–water partition coefficient (Wildman–Crippen LogP) is 0.226. The molecule has 6 heteroatoms. The number of carboxylic acid groups (broad SMARTS) is 1. The van der Waals surface area contributed by atoms with Crippen LogP contribution in [0.4, 0.5) is 0 Å². The molecule has 1 rings (SSSR count). The topological polar surface area (TPSA) is 71.4 Å². The van der Waals surface area contributed by atoms with Crippen LogP contribution in [-0.2, 0) is 15.1 Å². The highest BCUT2D eigenvalue weighted by molar-refractivity contribution is 7.73. The molecule has 13 heavy (non-hydrogen) atoms. The van der Waals surface area contributed by atoms with Crippen molar-refractivity contribution in [3.8, 4) is 0 Å². The maximum atomic E-state index is 10.5. The molecule has 0 aromatic rings. The minimum absolute atomic E-state index is 0.0869. The van der Waals surface area contributed by atoms with E-state index in [0.717, 1.165) is 6.08 Å². The molecular formula is C7H5ClO4S. The van der Waals surface area contributed by atoms with Gasteiger partial charge in [0.15, 0.2) is 0 Å². The van der Waals surface area contributed by atoms with Crippen molar-refractivity contribution in [1.29, 1.82) is 0 Å². The highest BCUT2D eigenvalue weighted by Gasteiger charge is 2.17. The van der Waals surface area contributed by atoms with Crippen molar-refractivity contribution in [3.05, 3.63) is 23.8 Å². The van der Waals surface area contributed by atoms with Gasteiger partial charge in [-0.3, -0.25) is 0 Å². The van der Waals surface area contributed by atoms with Crippen molar-refractivity contribution < 1.29 is 18.3 Å². The Labute approximate surface area is 80.7 Å². The third-order valence-electron chi connectivity index (χ3n) is 1.45. The number of hydrogen-bond donors (Lipinski definition) is 1. The zero-order valence-corrected chi connectivity index (χ0v) is 7.84. The number of halogens is 1. The van der Waals surface area contributed by atoms with E-state index >= 15 is 0 Å². The molecule has 1 aliphatic carbocycles. The van der Waals surface area contributed by atoms with Crippen LogP contribution in [0.15, 0.2) is 23.8 Å². The summed E-state index contributed by atoms with van der Waals surface area (Å²) in [5.74, 6) is -1.18. The van der Waals surface area contributed by atoms with E-state index in [2.05, 4.69) is 0 Å². The minimum Gasteiger partial charge on any atom is -0.478 e. The molecule has 0 heterocycles. The average molecular weight is 221 g/mol. The summed E-state index contributed by atoms with van der Waals surface area (Å²) in [6.45, 7) is 0. The Hall–Kier alpha value is -1.07. The first-order valence-corrected chi connectivity index (χ1v) is 4.77. The summed E-state index contributed by atoms with van der Waals surface area (Å²) < 4.78 is 21.1. The third-order valence-corrected chi connectivity index (χ3v) is 2.72. The van der Waals surface area contributed by atoms with Crippen molar-refractivity contribution in [2.75, 3.05) is 0 Å². The van der Waals surface area contributed by atoms with E-state index in [1.54, 1.807) is 0 Å². The van der Waals surface area contributed by atoms with Gasteiger partial charge in [0.1, 0.15) is 0 Å². The summed E-state index contributed by atoms with van der Waals surface area (Å²) in [6, 6.07) is 0. The van der Waals surface area contributed by atoms with Crippen LogP contribution in [0.5, 0.6) is 0 Å². The first kappa shape index (κ1) is 10.0. The predicted molar refractivity (Wildman–Crippen MR) is 48.4 cm³/mol. The lowest BCUT2D eigenvalue weighted by Crippen LogP contribution is -2.16. The number of carboxylic acids is 1. The summed E-state index contributed by atoms with van der Waals surface area (Å²) in [5.41, 5.74) is -0.0869. The molecule has 0 aliphatic heterocycles. The number of rotatable bonds is 1. The number of alkyl halides is 1. The van der Waals surface area contributed by atoms with Gasteiger partial charge in [-0.15, -0.1) is 11.6 Å². The summed E-state index contributed by atoms with van der Waals surface area (Å²) in [6.07, 6.45) is 3.63. The van der Waals surface area contributed by atoms with E-state index < -0.39 is 21.6 Å². The van der Waals surface area contributed by atoms with Crippen LogP contribution in [0.1, 0.15) is 0 Å². The van der Waals surface area contributed by atoms with Gasteiger partial charge in [0.05, 0.1) is 15.8 Å². The van der Waals surface area contributed by atoms with Gasteiger partial charge in [-0.05, 0) is 12.2 Å². The summed E-state index contributed by atoms with van der Waals surface area (Å²) in [7, 11) is -2.48. The van der Waals surface area contributed by atoms with Gasteiger partial charge in [0, 0.05) is 0 Å². The summed E-state index contributed by atoms with van der Waals surface area (Å²) in [4.78, 5) is 10.3. The van der Waals surface area contributed by atoms with Crippen molar-refractivity contribution >= 4 is 32.7 Å². The van der Waals surface area contributed by atoms with Crippen LogP contribution in [0.25, 0.3) is 0 Å². The number of aliphatic carboxylic acids is 1. The zero-order chi connectivity index (χ0) is 10.0. The molecule has 0 spiro atoms. The SMILES string of the molecule is O=C(O)C1=CC(=S(=O)=O)C(Cl)C=C1. The smallest absolute Gasteiger partial charge is 0.335 e. The standard InChI is InChI=1S/C7H5ClO4S/c8-5-2-1-4(7(9)10)3-6(5)13(11)12/h1-3,5H,(H,9,10). The van der Waals surface area contributed by atoms with Gasteiger partial charge in [-0.2, -0.15) is 8.42 Å². The Morgan fingerprint density at radius 2 is 2.15 bits per heavy atom. The Kier molecular flexibility index (Phi) is 2.90. The first-order chi connectivity index (χ1) is 6.02. The zero-order valence-electron chi connectivity index (χ0n) is 6.27. The second kappa shape index (κ2) is 3.76. The molecule has 1 atom stereocenters. The van der Waals surface area contributed by atoms with Gasteiger partial charge in [0.2, 0.25) is 10.3 Å². The molecule has 0 fully saturated rings. The van der Waals surface area contributed by atoms with Crippen molar-refractivity contribution in [3.63, 3.8) is 0 Å². The third kappa shape index (κ3) is 2.19. The molecule has 70 valence electrons. The second-order valence-electron chi connectivity index (χ2n) is 2.30. The molecule has 1 unspecified atom stereocenters. The van der Waals surface area contributed by atoms with Crippen molar-refractivity contribution in [2.45, 2.75) is 5.38 Å². The molecule has 0 aromatic carbocycles. The summed E-state index contributed by atoms with van der Waals surface area (Å²) in [5, 5.41) is 7.77. The molecule has 0 saturated heterocycles. The second-order valence-corrected chi connectivity index (χ2v) is 3.71. The van der Waals surface area contributed by atoms with Gasteiger partial charge in [0.25, 0.3) is 0 Å². The molecular weight excluding hydrogens is 216 g/mol. The van der Waals surface area contributed by atoms with Gasteiger partial charge >= 0.3 is 5.97 Å². The normalized spacial score (nSPS) is 21.2. The number of hydrogen-bond acceptors (Lipinski definition) is 3. The fourth-order valence-electron chi connectivity index (χ4n) is 0.837. The largest absolute Gasteiger partial charge is 0.478 e. The fraction of sp³-hybridized carbons (Fsp3) is 0.143. The van der Waals surface area contributed by atoms with Gasteiger partial charge < -0.3 is 5.11 Å². The molecule has 0 radical (unpaired) electrons. The fourth-order valence-corrected chi connectivity index (χ4v) is 1.68. The monoisotopic (exact) mass is 220 g/mol. The lowest BCUT2D eigenvalue weighted by atomic mass is 10.1. The quantitative estimate of drug-likeness (QED) is 0.507. The Morgan fingerprint density at radius 1 is 1.54 bits per heavy atom. The van der Waals surface area contributed by atoms with Crippen LogP contribution in [0.2, 0.25) is 0 Å². The van der Waals surface area contributed by atoms with E-state index in [4.69, 9.17) is 16.7 Å². The lowest BCUT2D eigenvalue weighted by molar-refractivity contribution is -0.132. The van der Waals surface area contributed by atoms with Crippen LogP contribution in [-0.4, -0.2) is 29.7 Å². The minimum atomic E-state index is -2.48. The summed E-state index contributed by atoms with van der Waals surface area (Å²) >= 11 is 5.59. The van der Waals surface area contributed by atoms with Gasteiger partial charge in [-0.1, -0.05) is 6.08 Å². The lowest BCUT2D eigenvalue weighted by Gasteiger charge is -2.07. The number of allylic oxidation sites excluding steroid dienone is 2. The van der Waals surface area contributed by atoms with E-state index in [1.165, 1.54) is 12.2 Å². The van der Waals surface area contributed by atoms with Crippen molar-refractivity contribution in [1.82, 2.24) is 0 Å². The molecule has 0 bridgehead atoms. The highest BCUT2D eigenvalue weighted by Crippen LogP contribution is 2.12. The molecule has 0 saturated carbocycles. The van der Waals surface area contributed by atoms with Crippen LogP contribution in [0, 0.1) is 0 Å². The van der Waals surface area contributed by atoms with Gasteiger partial charge in [-0.25, -0.2) is 4.79 Å². The van der Waals surface area contributed by atoms with Crippen LogP contribution in [0.3, 0.4) is 0 Å². The molecule has 1 aliphatic rings. The van der Waals surface area contributed by atoms with Crippen molar-refractivity contribution in [2.24, 2.45) is 0 Å². The van der Waals surface area contributed by atoms with E-state index in [9.17, 15) is 13.2 Å². The number of carbonyl (C=O) groups is 1. The maximum Gasteiger partial charge on any atom is 0.335 e.